The SMILES string of the molecule is Cc1cc(F)c(S(=O)(=O)NC[C@@H]2C[C@H]3CC[C@H]2O3)cc1F. The van der Waals surface area contributed by atoms with Gasteiger partial charge in [0, 0.05) is 12.5 Å². The van der Waals surface area contributed by atoms with E-state index in [0.29, 0.717) is 0 Å². The van der Waals surface area contributed by atoms with Gasteiger partial charge in [-0.15, -0.1) is 0 Å². The van der Waals surface area contributed by atoms with Gasteiger partial charge in [-0.2, -0.15) is 0 Å². The van der Waals surface area contributed by atoms with Crippen molar-refractivity contribution in [2.24, 2.45) is 5.92 Å². The topological polar surface area (TPSA) is 55.4 Å². The Bertz CT molecular complexity index is 662. The highest BCUT2D eigenvalue weighted by Crippen LogP contribution is 2.38. The van der Waals surface area contributed by atoms with E-state index < -0.39 is 26.6 Å². The molecular formula is C14H17F2NO3S. The van der Waals surface area contributed by atoms with Crippen LogP contribution in [0.2, 0.25) is 0 Å². The third kappa shape index (κ3) is 2.82. The number of hydrogen-bond acceptors (Lipinski definition) is 3. The van der Waals surface area contributed by atoms with Crippen LogP contribution >= 0.6 is 0 Å². The number of nitrogens with one attached hydrogen (secondary N) is 1. The standard InChI is InChI=1S/C14H17F2NO3S/c1-8-4-12(16)14(6-11(8)15)21(18,19)17-7-9-5-10-2-3-13(9)20-10/h4,6,9-10,13,17H,2-3,5,7H2,1H3/t9-,10+,13+/m0/s1. The second kappa shape index (κ2) is 5.30. The van der Waals surface area contributed by atoms with Crippen molar-refractivity contribution in [3.8, 4) is 0 Å². The first kappa shape index (κ1) is 14.9. The van der Waals surface area contributed by atoms with E-state index in [4.69, 9.17) is 4.74 Å². The summed E-state index contributed by atoms with van der Waals surface area (Å²) in [6.07, 6.45) is 3.07. The van der Waals surface area contributed by atoms with Crippen LogP contribution in [-0.4, -0.2) is 27.2 Å². The average molecular weight is 317 g/mol. The number of rotatable bonds is 4. The van der Waals surface area contributed by atoms with Crippen molar-refractivity contribution in [2.45, 2.75) is 43.3 Å². The summed E-state index contributed by atoms with van der Waals surface area (Å²) in [7, 11) is -4.06. The Morgan fingerprint density at radius 2 is 2.05 bits per heavy atom. The summed E-state index contributed by atoms with van der Waals surface area (Å²) in [4.78, 5) is -0.644. The van der Waals surface area contributed by atoms with E-state index in [1.807, 2.05) is 0 Å². The maximum Gasteiger partial charge on any atom is 0.243 e. The van der Waals surface area contributed by atoms with E-state index in [9.17, 15) is 17.2 Å². The number of benzene rings is 1. The molecule has 0 aliphatic carbocycles. The molecule has 0 aromatic heterocycles. The second-order valence-corrected chi connectivity index (χ2v) is 7.49. The molecular weight excluding hydrogens is 300 g/mol. The molecule has 1 aromatic rings. The van der Waals surface area contributed by atoms with Crippen LogP contribution in [-0.2, 0) is 14.8 Å². The third-order valence-corrected chi connectivity index (χ3v) is 5.71. The van der Waals surface area contributed by atoms with Crippen molar-refractivity contribution < 1.29 is 21.9 Å². The van der Waals surface area contributed by atoms with Crippen LogP contribution in [0.25, 0.3) is 0 Å². The lowest BCUT2D eigenvalue weighted by atomic mass is 9.89. The number of fused-ring (bicyclic) bond motifs is 2. The van der Waals surface area contributed by atoms with Gasteiger partial charge in [-0.3, -0.25) is 0 Å². The minimum Gasteiger partial charge on any atom is -0.375 e. The normalized spacial score (nSPS) is 28.2. The minimum atomic E-state index is -4.06. The highest BCUT2D eigenvalue weighted by atomic mass is 32.2. The summed E-state index contributed by atoms with van der Waals surface area (Å²) in [5.41, 5.74) is 0.0768. The zero-order chi connectivity index (χ0) is 15.2. The summed E-state index contributed by atoms with van der Waals surface area (Å²) in [6.45, 7) is 1.58. The summed E-state index contributed by atoms with van der Waals surface area (Å²) in [6, 6.07) is 1.62. The second-order valence-electron chi connectivity index (χ2n) is 5.75. The third-order valence-electron chi connectivity index (χ3n) is 4.27. The Hall–Kier alpha value is -1.05. The quantitative estimate of drug-likeness (QED) is 0.925. The van der Waals surface area contributed by atoms with Crippen LogP contribution in [0, 0.1) is 24.5 Å². The lowest BCUT2D eigenvalue weighted by molar-refractivity contribution is 0.0932. The van der Waals surface area contributed by atoms with Gasteiger partial charge in [0.2, 0.25) is 10.0 Å². The number of aryl methyl sites for hydroxylation is 1. The van der Waals surface area contributed by atoms with Crippen molar-refractivity contribution in [3.63, 3.8) is 0 Å². The average Bonchev–Trinajstić information content (AvgIpc) is 3.03. The first-order valence-corrected chi connectivity index (χ1v) is 8.46. The molecule has 116 valence electrons. The first-order chi connectivity index (χ1) is 9.87. The molecule has 2 fully saturated rings. The van der Waals surface area contributed by atoms with Crippen LogP contribution in [0.15, 0.2) is 17.0 Å². The Morgan fingerprint density at radius 1 is 1.29 bits per heavy atom. The van der Waals surface area contributed by atoms with Gasteiger partial charge in [-0.25, -0.2) is 21.9 Å². The molecule has 0 spiro atoms. The van der Waals surface area contributed by atoms with Gasteiger partial charge in [0.1, 0.15) is 16.5 Å². The highest BCUT2D eigenvalue weighted by molar-refractivity contribution is 7.89. The van der Waals surface area contributed by atoms with Crippen molar-refractivity contribution >= 4 is 10.0 Å². The van der Waals surface area contributed by atoms with E-state index in [1.165, 1.54) is 6.92 Å². The molecule has 1 N–H and O–H groups in total. The van der Waals surface area contributed by atoms with Crippen molar-refractivity contribution in [3.05, 3.63) is 29.3 Å². The molecule has 0 unspecified atom stereocenters. The predicted molar refractivity (Wildman–Crippen MR) is 72.3 cm³/mol. The van der Waals surface area contributed by atoms with E-state index in [0.717, 1.165) is 31.4 Å². The molecule has 0 saturated carbocycles. The van der Waals surface area contributed by atoms with E-state index in [1.54, 1.807) is 0 Å². The Morgan fingerprint density at radius 3 is 2.67 bits per heavy atom. The smallest absolute Gasteiger partial charge is 0.243 e. The van der Waals surface area contributed by atoms with Crippen molar-refractivity contribution in [2.75, 3.05) is 6.54 Å². The lowest BCUT2D eigenvalue weighted by Crippen LogP contribution is -2.34. The minimum absolute atomic E-state index is 0.0768. The molecule has 0 radical (unpaired) electrons. The van der Waals surface area contributed by atoms with Gasteiger partial charge in [0.25, 0.3) is 0 Å². The lowest BCUT2D eigenvalue weighted by Gasteiger charge is -2.19. The van der Waals surface area contributed by atoms with Gasteiger partial charge in [-0.1, -0.05) is 0 Å². The molecule has 21 heavy (non-hydrogen) atoms. The van der Waals surface area contributed by atoms with Crippen LogP contribution in [0.1, 0.15) is 24.8 Å². The van der Waals surface area contributed by atoms with Crippen molar-refractivity contribution in [1.82, 2.24) is 4.72 Å². The van der Waals surface area contributed by atoms with Gasteiger partial charge < -0.3 is 4.74 Å². The summed E-state index contributed by atoms with van der Waals surface area (Å²) >= 11 is 0. The maximum absolute atomic E-state index is 13.8. The molecule has 2 saturated heterocycles. The van der Waals surface area contributed by atoms with Crippen LogP contribution in [0.4, 0.5) is 8.78 Å². The van der Waals surface area contributed by atoms with E-state index in [-0.39, 0.29) is 30.2 Å². The molecule has 2 aliphatic heterocycles. The van der Waals surface area contributed by atoms with Gasteiger partial charge in [-0.05, 0) is 43.9 Å². The fourth-order valence-electron chi connectivity index (χ4n) is 3.09. The van der Waals surface area contributed by atoms with Gasteiger partial charge >= 0.3 is 0 Å². The monoisotopic (exact) mass is 317 g/mol. The summed E-state index contributed by atoms with van der Waals surface area (Å²) < 4.78 is 59.5. The predicted octanol–water partition coefficient (Wildman–Crippen LogP) is 2.12. The number of hydrogen-bond donors (Lipinski definition) is 1. The fraction of sp³-hybridized carbons (Fsp3) is 0.571. The molecule has 2 heterocycles. The largest absolute Gasteiger partial charge is 0.375 e. The number of sulfonamides is 1. The summed E-state index contributed by atoms with van der Waals surface area (Å²) in [5.74, 6) is -1.57. The Kier molecular flexibility index (Phi) is 3.75. The Labute approximate surface area is 122 Å². The Balaban J connectivity index is 1.74. The van der Waals surface area contributed by atoms with Crippen LogP contribution < -0.4 is 4.72 Å². The number of halogens is 2. The van der Waals surface area contributed by atoms with Crippen LogP contribution in [0.3, 0.4) is 0 Å². The van der Waals surface area contributed by atoms with Crippen molar-refractivity contribution in [1.29, 1.82) is 0 Å². The van der Waals surface area contributed by atoms with Gasteiger partial charge in [0.15, 0.2) is 0 Å². The van der Waals surface area contributed by atoms with Crippen LogP contribution in [0.5, 0.6) is 0 Å². The van der Waals surface area contributed by atoms with E-state index in [2.05, 4.69) is 4.72 Å². The molecule has 2 aliphatic rings. The molecule has 3 atom stereocenters. The molecule has 1 aromatic carbocycles. The molecule has 2 bridgehead atoms. The van der Waals surface area contributed by atoms with E-state index >= 15 is 0 Å². The zero-order valence-corrected chi connectivity index (χ0v) is 12.4. The molecule has 3 rings (SSSR count). The molecule has 4 nitrogen and oxygen atoms in total. The maximum atomic E-state index is 13.8. The number of ether oxygens (including phenoxy) is 1. The van der Waals surface area contributed by atoms with Gasteiger partial charge in [0.05, 0.1) is 12.2 Å². The highest BCUT2D eigenvalue weighted by Gasteiger charge is 2.41. The first-order valence-electron chi connectivity index (χ1n) is 6.97. The molecule has 0 amide bonds. The summed E-state index contributed by atoms with van der Waals surface area (Å²) in [5, 5.41) is 0. The fourth-order valence-corrected chi connectivity index (χ4v) is 4.25. The molecule has 7 heteroatoms. The zero-order valence-electron chi connectivity index (χ0n) is 11.6.